The number of urea groups is 1. The lowest BCUT2D eigenvalue weighted by Crippen LogP contribution is -2.69. The van der Waals surface area contributed by atoms with Gasteiger partial charge in [-0.25, -0.2) is 14.8 Å². The number of ether oxygens (including phenoxy) is 2. The monoisotopic (exact) mass is 452 g/mol. The van der Waals surface area contributed by atoms with E-state index >= 15 is 0 Å². The minimum Gasteiger partial charge on any atom is -0.381 e. The number of carbonyl (C=O) groups excluding carboxylic acids is 2. The van der Waals surface area contributed by atoms with Crippen LogP contribution < -0.4 is 20.4 Å². The molecule has 5 rings (SSSR count). The van der Waals surface area contributed by atoms with E-state index in [0.29, 0.717) is 44.5 Å². The number of fused-ring (bicyclic) bond motifs is 3. The van der Waals surface area contributed by atoms with Crippen LogP contribution in [0.15, 0.2) is 30.5 Å². The van der Waals surface area contributed by atoms with Gasteiger partial charge in [0.05, 0.1) is 19.4 Å². The first-order valence-corrected chi connectivity index (χ1v) is 11.2. The van der Waals surface area contributed by atoms with E-state index < -0.39 is 5.54 Å². The molecular weight excluding hydrogens is 424 g/mol. The van der Waals surface area contributed by atoms with Crippen LogP contribution in [-0.4, -0.2) is 73.5 Å². The maximum absolute atomic E-state index is 13.7. The van der Waals surface area contributed by atoms with Gasteiger partial charge in [0, 0.05) is 44.1 Å². The van der Waals surface area contributed by atoms with Crippen LogP contribution >= 0.6 is 0 Å². The summed E-state index contributed by atoms with van der Waals surface area (Å²) >= 11 is 0. The molecule has 4 heterocycles. The van der Waals surface area contributed by atoms with Gasteiger partial charge in [-0.05, 0) is 44.0 Å². The highest BCUT2D eigenvalue weighted by Crippen LogP contribution is 2.43. The minimum atomic E-state index is -0.809. The van der Waals surface area contributed by atoms with Crippen LogP contribution in [0.1, 0.15) is 19.8 Å². The molecule has 2 N–H and O–H groups in total. The van der Waals surface area contributed by atoms with Crippen LogP contribution in [0.3, 0.4) is 0 Å². The second-order valence-electron chi connectivity index (χ2n) is 8.68. The summed E-state index contributed by atoms with van der Waals surface area (Å²) in [6, 6.07) is 7.13. The molecule has 3 aliphatic rings. The Morgan fingerprint density at radius 2 is 1.91 bits per heavy atom. The van der Waals surface area contributed by atoms with Gasteiger partial charge in [0.2, 0.25) is 0 Å². The lowest BCUT2D eigenvalue weighted by atomic mass is 9.91. The number of aromatic nitrogens is 2. The number of rotatable bonds is 3. The Kier molecular flexibility index (Phi) is 5.63. The summed E-state index contributed by atoms with van der Waals surface area (Å²) in [7, 11) is 1.57. The zero-order valence-corrected chi connectivity index (χ0v) is 18.8. The molecule has 3 amide bonds. The number of amides is 3. The fourth-order valence-electron chi connectivity index (χ4n) is 4.71. The number of nitrogens with one attached hydrogen (secondary N) is 2. The Morgan fingerprint density at radius 3 is 2.64 bits per heavy atom. The van der Waals surface area contributed by atoms with Crippen molar-refractivity contribution >= 4 is 29.1 Å². The van der Waals surface area contributed by atoms with Crippen LogP contribution in [0.25, 0.3) is 11.4 Å². The molecule has 2 fully saturated rings. The van der Waals surface area contributed by atoms with E-state index in [-0.39, 0.29) is 18.0 Å². The number of benzene rings is 1. The van der Waals surface area contributed by atoms with Crippen molar-refractivity contribution in [3.8, 4) is 11.4 Å². The number of morpholine rings is 1. The molecule has 1 aromatic carbocycles. The molecule has 174 valence electrons. The van der Waals surface area contributed by atoms with E-state index in [4.69, 9.17) is 14.5 Å². The molecule has 0 unspecified atom stereocenters. The van der Waals surface area contributed by atoms with Gasteiger partial charge in [0.1, 0.15) is 11.2 Å². The Hall–Kier alpha value is -3.24. The first-order valence-electron chi connectivity index (χ1n) is 11.2. The second kappa shape index (κ2) is 8.60. The van der Waals surface area contributed by atoms with Crippen molar-refractivity contribution in [2.75, 3.05) is 55.1 Å². The van der Waals surface area contributed by atoms with E-state index in [1.807, 2.05) is 36.1 Å². The summed E-state index contributed by atoms with van der Waals surface area (Å²) in [5.41, 5.74) is 1.43. The number of nitrogens with zero attached hydrogens (tertiary/aromatic N) is 4. The normalized spacial score (nSPS) is 23.0. The smallest absolute Gasteiger partial charge is 0.318 e. The highest BCUT2D eigenvalue weighted by Gasteiger charge is 2.52. The van der Waals surface area contributed by atoms with Crippen LogP contribution in [0.4, 0.5) is 22.0 Å². The van der Waals surface area contributed by atoms with Crippen molar-refractivity contribution in [3.05, 3.63) is 30.5 Å². The first-order chi connectivity index (χ1) is 16.0. The average Bonchev–Trinajstić information content (AvgIpc) is 2.85. The maximum Gasteiger partial charge on any atom is 0.318 e. The summed E-state index contributed by atoms with van der Waals surface area (Å²) in [5.74, 6) is 1.35. The van der Waals surface area contributed by atoms with Crippen LogP contribution in [0, 0.1) is 0 Å². The summed E-state index contributed by atoms with van der Waals surface area (Å²) in [4.78, 5) is 38.8. The Labute approximate surface area is 192 Å². The maximum atomic E-state index is 13.7. The zero-order chi connectivity index (χ0) is 23.0. The van der Waals surface area contributed by atoms with Crippen molar-refractivity contribution in [2.24, 2.45) is 0 Å². The summed E-state index contributed by atoms with van der Waals surface area (Å²) < 4.78 is 11.3. The molecule has 0 aliphatic carbocycles. The molecule has 0 spiro atoms. The van der Waals surface area contributed by atoms with Gasteiger partial charge in [-0.3, -0.25) is 4.79 Å². The van der Waals surface area contributed by atoms with Gasteiger partial charge < -0.3 is 29.9 Å². The molecule has 2 saturated heterocycles. The molecule has 0 saturated carbocycles. The number of carbonyl (C=O) groups is 2. The van der Waals surface area contributed by atoms with Gasteiger partial charge >= 0.3 is 6.03 Å². The third-order valence-electron chi connectivity index (χ3n) is 6.57. The predicted molar refractivity (Wildman–Crippen MR) is 123 cm³/mol. The van der Waals surface area contributed by atoms with Crippen molar-refractivity contribution in [1.82, 2.24) is 15.3 Å². The lowest BCUT2D eigenvalue weighted by Gasteiger charge is -2.52. The van der Waals surface area contributed by atoms with Crippen molar-refractivity contribution < 1.29 is 19.1 Å². The Bertz CT molecular complexity index is 1060. The highest BCUT2D eigenvalue weighted by molar-refractivity contribution is 6.08. The van der Waals surface area contributed by atoms with E-state index in [1.165, 1.54) is 0 Å². The standard InChI is InChI=1S/C23H28N6O4/c1-23-14-33-12-9-28(23)20-18(29(21(23)30)17-7-10-32-11-8-17)13-25-19(27-20)15-3-5-16(6-4-15)26-22(31)24-2/h3-6,13,17H,7-12,14H2,1-2H3,(H2,24,26,31)/t23-/m0/s1. The van der Waals surface area contributed by atoms with Crippen molar-refractivity contribution in [1.29, 1.82) is 0 Å². The Morgan fingerprint density at radius 1 is 1.15 bits per heavy atom. The molecule has 1 atom stereocenters. The van der Waals surface area contributed by atoms with Crippen molar-refractivity contribution in [2.45, 2.75) is 31.3 Å². The van der Waals surface area contributed by atoms with Crippen LogP contribution in [0.5, 0.6) is 0 Å². The third-order valence-corrected chi connectivity index (χ3v) is 6.57. The molecule has 0 bridgehead atoms. The van der Waals surface area contributed by atoms with Gasteiger partial charge in [-0.15, -0.1) is 0 Å². The predicted octanol–water partition coefficient (Wildman–Crippen LogP) is 2.02. The average molecular weight is 453 g/mol. The second-order valence-corrected chi connectivity index (χ2v) is 8.68. The van der Waals surface area contributed by atoms with E-state index in [2.05, 4.69) is 20.5 Å². The topological polar surface area (TPSA) is 109 Å². The van der Waals surface area contributed by atoms with E-state index in [9.17, 15) is 9.59 Å². The molecule has 0 radical (unpaired) electrons. The molecule has 2 aromatic rings. The van der Waals surface area contributed by atoms with Crippen molar-refractivity contribution in [3.63, 3.8) is 0 Å². The lowest BCUT2D eigenvalue weighted by molar-refractivity contribution is -0.128. The summed E-state index contributed by atoms with van der Waals surface area (Å²) in [5, 5.41) is 5.27. The molecular formula is C23H28N6O4. The van der Waals surface area contributed by atoms with Gasteiger partial charge in [-0.2, -0.15) is 0 Å². The molecule has 33 heavy (non-hydrogen) atoms. The Balaban J connectivity index is 1.53. The minimum absolute atomic E-state index is 0.0302. The number of hydrogen-bond acceptors (Lipinski definition) is 7. The van der Waals surface area contributed by atoms with Gasteiger partial charge in [0.15, 0.2) is 11.6 Å². The largest absolute Gasteiger partial charge is 0.381 e. The fraction of sp³-hybridized carbons (Fsp3) is 0.478. The quantitative estimate of drug-likeness (QED) is 0.733. The van der Waals surface area contributed by atoms with Crippen LogP contribution in [-0.2, 0) is 14.3 Å². The number of anilines is 3. The third kappa shape index (κ3) is 3.79. The molecule has 10 heteroatoms. The fourth-order valence-corrected chi connectivity index (χ4v) is 4.71. The number of hydrogen-bond donors (Lipinski definition) is 2. The first kappa shape index (κ1) is 21.6. The van der Waals surface area contributed by atoms with Gasteiger partial charge in [0.25, 0.3) is 5.91 Å². The highest BCUT2D eigenvalue weighted by atomic mass is 16.5. The molecule has 1 aromatic heterocycles. The van der Waals surface area contributed by atoms with Crippen LogP contribution in [0.2, 0.25) is 0 Å². The summed E-state index contributed by atoms with van der Waals surface area (Å²) in [6.45, 7) is 4.65. The van der Waals surface area contributed by atoms with E-state index in [1.54, 1.807) is 13.2 Å². The van der Waals surface area contributed by atoms with E-state index in [0.717, 1.165) is 29.9 Å². The SMILES string of the molecule is CNC(=O)Nc1ccc(-c2ncc3c(n2)N2CCOC[C@@]2(C)C(=O)N3C2CCOCC2)cc1. The molecule has 10 nitrogen and oxygen atoms in total. The summed E-state index contributed by atoms with van der Waals surface area (Å²) in [6.07, 6.45) is 3.32. The molecule has 3 aliphatic heterocycles. The zero-order valence-electron chi connectivity index (χ0n) is 18.8. The van der Waals surface area contributed by atoms with Gasteiger partial charge in [-0.1, -0.05) is 0 Å².